The van der Waals surface area contributed by atoms with Crippen molar-refractivity contribution in [2.75, 3.05) is 26.2 Å². The number of likely N-dealkylation sites (tertiary alicyclic amines) is 1. The lowest BCUT2D eigenvalue weighted by atomic mass is 10.1. The molecular weight excluding hydrogens is 216 g/mol. The summed E-state index contributed by atoms with van der Waals surface area (Å²) in [5, 5.41) is 15.5. The summed E-state index contributed by atoms with van der Waals surface area (Å²) in [4.78, 5) is 13.7. The lowest BCUT2D eigenvalue weighted by molar-refractivity contribution is -0.130. The Bertz CT molecular complexity index is 306. The van der Waals surface area contributed by atoms with Crippen LogP contribution in [0.4, 0.5) is 0 Å². The van der Waals surface area contributed by atoms with Gasteiger partial charge in [-0.3, -0.25) is 4.79 Å². The Morgan fingerprint density at radius 1 is 1.47 bits per heavy atom. The van der Waals surface area contributed by atoms with Crippen LogP contribution in [-0.2, 0) is 4.79 Å². The van der Waals surface area contributed by atoms with Crippen molar-refractivity contribution in [1.82, 2.24) is 15.5 Å². The van der Waals surface area contributed by atoms with Crippen LogP contribution >= 0.6 is 0 Å². The normalized spacial score (nSPS) is 29.0. The largest absolute Gasteiger partial charge is 0.326 e. The van der Waals surface area contributed by atoms with Crippen molar-refractivity contribution >= 4 is 5.91 Å². The number of amides is 1. The summed E-state index contributed by atoms with van der Waals surface area (Å²) in [6.07, 6.45) is 4.07. The minimum Gasteiger partial charge on any atom is -0.326 e. The van der Waals surface area contributed by atoms with Crippen molar-refractivity contribution in [1.29, 1.82) is 5.26 Å². The van der Waals surface area contributed by atoms with Crippen LogP contribution in [0.2, 0.25) is 0 Å². The molecule has 5 nitrogen and oxygen atoms in total. The quantitative estimate of drug-likeness (QED) is 0.714. The van der Waals surface area contributed by atoms with Crippen LogP contribution in [0, 0.1) is 11.3 Å². The van der Waals surface area contributed by atoms with E-state index in [0.717, 1.165) is 45.3 Å². The molecule has 94 valence electrons. The van der Waals surface area contributed by atoms with Crippen molar-refractivity contribution in [2.24, 2.45) is 0 Å². The summed E-state index contributed by atoms with van der Waals surface area (Å²) in [5.41, 5.74) is 0. The highest BCUT2D eigenvalue weighted by atomic mass is 16.2. The number of nitrogens with one attached hydrogen (secondary N) is 2. The fourth-order valence-electron chi connectivity index (χ4n) is 2.56. The van der Waals surface area contributed by atoms with Gasteiger partial charge in [-0.1, -0.05) is 0 Å². The molecule has 0 radical (unpaired) electrons. The van der Waals surface area contributed by atoms with Gasteiger partial charge in [0.25, 0.3) is 0 Å². The molecule has 2 heterocycles. The van der Waals surface area contributed by atoms with Crippen molar-refractivity contribution in [3.63, 3.8) is 0 Å². The first-order valence-electron chi connectivity index (χ1n) is 6.44. The number of carbonyl (C=O) groups is 1. The average Bonchev–Trinajstić information content (AvgIpc) is 2.85. The molecule has 2 atom stereocenters. The minimum atomic E-state index is -0.200. The maximum atomic E-state index is 11.9. The maximum absolute atomic E-state index is 11.9. The van der Waals surface area contributed by atoms with Gasteiger partial charge in [-0.15, -0.1) is 0 Å². The Labute approximate surface area is 102 Å². The van der Waals surface area contributed by atoms with E-state index >= 15 is 0 Å². The topological polar surface area (TPSA) is 68.2 Å². The van der Waals surface area contributed by atoms with E-state index in [1.807, 2.05) is 0 Å². The Hall–Kier alpha value is -1.12. The molecule has 0 bridgehead atoms. The van der Waals surface area contributed by atoms with Crippen LogP contribution in [-0.4, -0.2) is 49.1 Å². The lowest BCUT2D eigenvalue weighted by Gasteiger charge is -2.25. The fraction of sp³-hybridized carbons (Fsp3) is 0.833. The predicted molar refractivity (Wildman–Crippen MR) is 64.2 cm³/mol. The zero-order valence-corrected chi connectivity index (χ0v) is 10.1. The van der Waals surface area contributed by atoms with Gasteiger partial charge in [0.05, 0.1) is 12.6 Å². The van der Waals surface area contributed by atoms with Gasteiger partial charge in [0.1, 0.15) is 6.04 Å². The molecule has 2 aliphatic heterocycles. The zero-order valence-electron chi connectivity index (χ0n) is 10.1. The number of hydrogen-bond acceptors (Lipinski definition) is 4. The minimum absolute atomic E-state index is 0.0691. The number of hydrogen-bond donors (Lipinski definition) is 2. The molecule has 0 saturated carbocycles. The molecule has 1 amide bonds. The van der Waals surface area contributed by atoms with Gasteiger partial charge in [0.2, 0.25) is 5.91 Å². The van der Waals surface area contributed by atoms with E-state index in [0.29, 0.717) is 12.6 Å². The molecule has 0 aromatic carbocycles. The highest BCUT2D eigenvalue weighted by Gasteiger charge is 2.28. The van der Waals surface area contributed by atoms with Crippen LogP contribution < -0.4 is 10.6 Å². The molecule has 2 unspecified atom stereocenters. The van der Waals surface area contributed by atoms with Crippen LogP contribution in [0.1, 0.15) is 25.7 Å². The van der Waals surface area contributed by atoms with Gasteiger partial charge >= 0.3 is 0 Å². The standard InChI is InChI=1S/C12H20N4O/c13-7-11-4-2-6-16(11)12(17)9-15-10-3-1-5-14-8-10/h10-11,14-15H,1-6,8-9H2. The van der Waals surface area contributed by atoms with E-state index in [1.165, 1.54) is 0 Å². The molecule has 0 aliphatic carbocycles. The zero-order chi connectivity index (χ0) is 12.1. The number of nitriles is 1. The van der Waals surface area contributed by atoms with Gasteiger partial charge in [-0.25, -0.2) is 0 Å². The molecule has 5 heteroatoms. The van der Waals surface area contributed by atoms with Gasteiger partial charge in [-0.2, -0.15) is 5.26 Å². The number of nitrogens with zero attached hydrogens (tertiary/aromatic N) is 2. The molecule has 2 rings (SSSR count). The smallest absolute Gasteiger partial charge is 0.237 e. The van der Waals surface area contributed by atoms with Crippen molar-refractivity contribution in [3.05, 3.63) is 0 Å². The second-order valence-electron chi connectivity index (χ2n) is 4.80. The molecule has 2 aliphatic rings. The van der Waals surface area contributed by atoms with Crippen LogP contribution in [0.15, 0.2) is 0 Å². The molecule has 0 spiro atoms. The summed E-state index contributed by atoms with van der Waals surface area (Å²) >= 11 is 0. The second kappa shape index (κ2) is 5.99. The SMILES string of the molecule is N#CC1CCCN1C(=O)CNC1CCCNC1. The van der Waals surface area contributed by atoms with Crippen molar-refractivity contribution in [3.8, 4) is 6.07 Å². The van der Waals surface area contributed by atoms with Crippen molar-refractivity contribution < 1.29 is 4.79 Å². The van der Waals surface area contributed by atoms with E-state index in [-0.39, 0.29) is 11.9 Å². The van der Waals surface area contributed by atoms with E-state index in [9.17, 15) is 4.79 Å². The van der Waals surface area contributed by atoms with E-state index in [4.69, 9.17) is 5.26 Å². The van der Waals surface area contributed by atoms with E-state index < -0.39 is 0 Å². The summed E-state index contributed by atoms with van der Waals surface area (Å²) in [7, 11) is 0. The Kier molecular flexibility index (Phi) is 4.35. The Morgan fingerprint density at radius 3 is 3.06 bits per heavy atom. The van der Waals surface area contributed by atoms with Crippen LogP contribution in [0.5, 0.6) is 0 Å². The molecular formula is C12H20N4O. The number of rotatable bonds is 3. The maximum Gasteiger partial charge on any atom is 0.237 e. The first-order chi connectivity index (χ1) is 8.31. The van der Waals surface area contributed by atoms with E-state index in [2.05, 4.69) is 16.7 Å². The second-order valence-corrected chi connectivity index (χ2v) is 4.80. The van der Waals surface area contributed by atoms with Gasteiger partial charge in [0.15, 0.2) is 0 Å². The summed E-state index contributed by atoms with van der Waals surface area (Å²) < 4.78 is 0. The van der Waals surface area contributed by atoms with Gasteiger partial charge in [-0.05, 0) is 32.2 Å². The number of carbonyl (C=O) groups excluding carboxylic acids is 1. The lowest BCUT2D eigenvalue weighted by Crippen LogP contribution is -2.48. The number of piperidine rings is 1. The molecule has 0 aromatic rings. The highest BCUT2D eigenvalue weighted by molar-refractivity contribution is 5.79. The Balaban J connectivity index is 1.75. The Morgan fingerprint density at radius 2 is 2.35 bits per heavy atom. The summed E-state index contributed by atoms with van der Waals surface area (Å²) in [6.45, 7) is 3.12. The predicted octanol–water partition coefficient (Wildman–Crippen LogP) is -0.157. The van der Waals surface area contributed by atoms with Crippen molar-refractivity contribution in [2.45, 2.75) is 37.8 Å². The summed E-state index contributed by atoms with van der Waals surface area (Å²) in [6, 6.07) is 2.40. The summed E-state index contributed by atoms with van der Waals surface area (Å²) in [5.74, 6) is 0.0691. The third-order valence-electron chi connectivity index (χ3n) is 3.56. The molecule has 2 saturated heterocycles. The molecule has 2 N–H and O–H groups in total. The van der Waals surface area contributed by atoms with Gasteiger partial charge in [0, 0.05) is 19.1 Å². The van der Waals surface area contributed by atoms with Gasteiger partial charge < -0.3 is 15.5 Å². The van der Waals surface area contributed by atoms with Crippen LogP contribution in [0.25, 0.3) is 0 Å². The average molecular weight is 236 g/mol. The van der Waals surface area contributed by atoms with Crippen LogP contribution in [0.3, 0.4) is 0 Å². The molecule has 0 aromatic heterocycles. The first kappa shape index (κ1) is 12.3. The third-order valence-corrected chi connectivity index (χ3v) is 3.56. The molecule has 17 heavy (non-hydrogen) atoms. The third kappa shape index (κ3) is 3.18. The van der Waals surface area contributed by atoms with E-state index in [1.54, 1.807) is 4.90 Å². The monoisotopic (exact) mass is 236 g/mol. The first-order valence-corrected chi connectivity index (χ1v) is 6.44. The highest BCUT2D eigenvalue weighted by Crippen LogP contribution is 2.16. The fourth-order valence-corrected chi connectivity index (χ4v) is 2.56. The molecule has 2 fully saturated rings.